The number of nitrogen functional groups attached to an aromatic ring is 1. The molecule has 0 bridgehead atoms. The number of carboxylic acid groups (broad SMARTS) is 1. The molecule has 0 atom stereocenters. The van der Waals surface area contributed by atoms with Crippen LogP contribution in [0.3, 0.4) is 0 Å². The van der Waals surface area contributed by atoms with Crippen LogP contribution in [0.2, 0.25) is 0 Å². The van der Waals surface area contributed by atoms with Gasteiger partial charge < -0.3 is 16.2 Å². The lowest BCUT2D eigenvalue weighted by Crippen LogP contribution is -2.38. The van der Waals surface area contributed by atoms with Crippen molar-refractivity contribution in [2.24, 2.45) is 0 Å². The molecule has 13 nitrogen and oxygen atoms in total. The normalized spacial score (nSPS) is 14.0. The van der Waals surface area contributed by atoms with Crippen molar-refractivity contribution in [3.63, 3.8) is 0 Å². The second kappa shape index (κ2) is 11.5. The van der Waals surface area contributed by atoms with Gasteiger partial charge in [-0.3, -0.25) is 14.8 Å². The molecule has 13 heteroatoms. The Hall–Kier alpha value is -5.61. The van der Waals surface area contributed by atoms with Crippen LogP contribution in [0, 0.1) is 11.3 Å². The quantitative estimate of drug-likeness (QED) is 0.226. The minimum Gasteiger partial charge on any atom is -0.465 e. The summed E-state index contributed by atoms with van der Waals surface area (Å²) in [4.78, 5) is 35.3. The highest BCUT2D eigenvalue weighted by Crippen LogP contribution is 2.31. The van der Waals surface area contributed by atoms with E-state index < -0.39 is 6.09 Å². The molecule has 1 amide bonds. The van der Waals surface area contributed by atoms with Gasteiger partial charge in [-0.25, -0.2) is 29.7 Å². The maximum absolute atomic E-state index is 11.2. The number of nitriles is 1. The Morgan fingerprint density at radius 3 is 2.55 bits per heavy atom. The first kappa shape index (κ1) is 26.6. The third-order valence-electron chi connectivity index (χ3n) is 7.11. The number of imidazole rings is 1. The Labute approximate surface area is 240 Å². The van der Waals surface area contributed by atoms with E-state index in [1.54, 1.807) is 36.7 Å². The number of pyridine rings is 2. The summed E-state index contributed by atoms with van der Waals surface area (Å²) < 4.78 is 1.86. The Morgan fingerprint density at radius 2 is 1.81 bits per heavy atom. The van der Waals surface area contributed by atoms with Crippen LogP contribution in [0.5, 0.6) is 0 Å². The Morgan fingerprint density at radius 1 is 1.00 bits per heavy atom. The number of anilines is 3. The van der Waals surface area contributed by atoms with Crippen molar-refractivity contribution in [3.8, 4) is 23.1 Å². The monoisotopic (exact) mass is 561 g/mol. The van der Waals surface area contributed by atoms with Crippen LogP contribution >= 0.6 is 0 Å². The van der Waals surface area contributed by atoms with Gasteiger partial charge in [0.05, 0.1) is 5.56 Å². The number of carbonyl (C=O) groups is 1. The fourth-order valence-corrected chi connectivity index (χ4v) is 5.11. The predicted octanol–water partition coefficient (Wildman–Crippen LogP) is 3.89. The lowest BCUT2D eigenvalue weighted by atomic mass is 10.0. The van der Waals surface area contributed by atoms with E-state index >= 15 is 0 Å². The van der Waals surface area contributed by atoms with Crippen molar-refractivity contribution in [3.05, 3.63) is 78.4 Å². The number of nitrogens with one attached hydrogen (secondary N) is 2. The lowest BCUT2D eigenvalue weighted by molar-refractivity contribution is 0.209. The molecule has 1 aromatic carbocycles. The van der Waals surface area contributed by atoms with E-state index in [9.17, 15) is 9.90 Å². The van der Waals surface area contributed by atoms with Crippen LogP contribution in [-0.4, -0.2) is 64.7 Å². The molecule has 0 unspecified atom stereocenters. The summed E-state index contributed by atoms with van der Waals surface area (Å²) in [6.07, 6.45) is 3.93. The minimum absolute atomic E-state index is 0.161. The van der Waals surface area contributed by atoms with Crippen molar-refractivity contribution < 1.29 is 9.90 Å². The van der Waals surface area contributed by atoms with Gasteiger partial charge in [-0.2, -0.15) is 5.26 Å². The molecule has 1 saturated heterocycles. The molecule has 0 spiro atoms. The van der Waals surface area contributed by atoms with Gasteiger partial charge in [-0.05, 0) is 60.9 Å². The topological polar surface area (TPSA) is 184 Å². The summed E-state index contributed by atoms with van der Waals surface area (Å²) in [6, 6.07) is 19.1. The summed E-state index contributed by atoms with van der Waals surface area (Å²) >= 11 is 0. The molecular formula is C29H27N11O2. The first-order valence-corrected chi connectivity index (χ1v) is 13.4. The van der Waals surface area contributed by atoms with Crippen LogP contribution in [-0.2, 0) is 6.54 Å². The number of piperidine rings is 1. The largest absolute Gasteiger partial charge is 0.465 e. The number of aromatic nitrogens is 6. The maximum atomic E-state index is 11.2. The van der Waals surface area contributed by atoms with Crippen molar-refractivity contribution >= 4 is 34.7 Å². The van der Waals surface area contributed by atoms with E-state index in [2.05, 4.69) is 47.6 Å². The summed E-state index contributed by atoms with van der Waals surface area (Å²) in [7, 11) is 0. The van der Waals surface area contributed by atoms with Crippen molar-refractivity contribution in [2.75, 3.05) is 29.5 Å². The number of benzene rings is 1. The summed E-state index contributed by atoms with van der Waals surface area (Å²) in [5.74, 6) is 1.92. The number of hydrogen-bond donors (Lipinski definition) is 4. The first-order chi connectivity index (χ1) is 20.5. The summed E-state index contributed by atoms with van der Waals surface area (Å²) in [6.45, 7) is 2.65. The van der Waals surface area contributed by atoms with E-state index in [1.165, 1.54) is 0 Å². The second-order valence-corrected chi connectivity index (χ2v) is 9.91. The van der Waals surface area contributed by atoms with Crippen molar-refractivity contribution in [2.45, 2.75) is 25.4 Å². The third-order valence-corrected chi connectivity index (χ3v) is 7.11. The SMILES string of the molecule is N#Cc1nccc(NC2CCN(Cc3ccc(-n4c(-c5cccnc5N)nc5ccc(NC(=O)O)nc54)cc3)CC2)n1. The molecule has 42 heavy (non-hydrogen) atoms. The second-order valence-electron chi connectivity index (χ2n) is 9.91. The number of likely N-dealkylation sites (tertiary alicyclic amines) is 1. The molecule has 4 aromatic heterocycles. The molecule has 1 aliphatic heterocycles. The first-order valence-electron chi connectivity index (χ1n) is 13.4. The smallest absolute Gasteiger partial charge is 0.410 e. The Bertz CT molecular complexity index is 1790. The number of nitrogens with zero attached hydrogens (tertiary/aromatic N) is 8. The highest BCUT2D eigenvalue weighted by molar-refractivity contribution is 5.87. The van der Waals surface area contributed by atoms with Crippen LogP contribution in [0.1, 0.15) is 24.2 Å². The Kier molecular flexibility index (Phi) is 7.27. The number of nitrogens with two attached hydrogens (primary N) is 1. The fourth-order valence-electron chi connectivity index (χ4n) is 5.11. The van der Waals surface area contributed by atoms with Gasteiger partial charge in [0.2, 0.25) is 5.82 Å². The highest BCUT2D eigenvalue weighted by atomic mass is 16.4. The molecular weight excluding hydrogens is 534 g/mol. The predicted molar refractivity (Wildman–Crippen MR) is 157 cm³/mol. The average Bonchev–Trinajstić information content (AvgIpc) is 3.37. The summed E-state index contributed by atoms with van der Waals surface area (Å²) in [5.41, 5.74) is 9.91. The fraction of sp³-hybridized carbons (Fsp3) is 0.207. The van der Waals surface area contributed by atoms with Crippen LogP contribution in [0.4, 0.5) is 22.2 Å². The number of amides is 1. The van der Waals surface area contributed by atoms with E-state index in [0.29, 0.717) is 34.2 Å². The molecule has 1 fully saturated rings. The highest BCUT2D eigenvalue weighted by Gasteiger charge is 2.21. The van der Waals surface area contributed by atoms with E-state index in [4.69, 9.17) is 16.0 Å². The number of rotatable bonds is 7. The molecule has 0 saturated carbocycles. The van der Waals surface area contributed by atoms with Crippen LogP contribution in [0.15, 0.2) is 67.0 Å². The number of fused-ring (bicyclic) bond motifs is 1. The molecule has 210 valence electrons. The van der Waals surface area contributed by atoms with Gasteiger partial charge in [0.25, 0.3) is 0 Å². The zero-order valence-corrected chi connectivity index (χ0v) is 22.5. The molecule has 5 aromatic rings. The molecule has 0 aliphatic carbocycles. The summed E-state index contributed by atoms with van der Waals surface area (Å²) in [5, 5.41) is 24.0. The van der Waals surface area contributed by atoms with E-state index in [1.807, 2.05) is 28.8 Å². The number of hydrogen-bond acceptors (Lipinski definition) is 10. The third kappa shape index (κ3) is 5.65. The minimum atomic E-state index is -1.20. The van der Waals surface area contributed by atoms with Crippen LogP contribution in [0.25, 0.3) is 28.2 Å². The van der Waals surface area contributed by atoms with Gasteiger partial charge >= 0.3 is 6.09 Å². The van der Waals surface area contributed by atoms with Gasteiger partial charge in [0.15, 0.2) is 11.5 Å². The zero-order chi connectivity index (χ0) is 29.1. The van der Waals surface area contributed by atoms with Gasteiger partial charge in [0, 0.05) is 43.8 Å². The average molecular weight is 562 g/mol. The molecule has 5 N–H and O–H groups in total. The maximum Gasteiger partial charge on any atom is 0.410 e. The van der Waals surface area contributed by atoms with E-state index in [0.717, 1.165) is 43.7 Å². The van der Waals surface area contributed by atoms with E-state index in [-0.39, 0.29) is 17.7 Å². The molecule has 1 aliphatic rings. The van der Waals surface area contributed by atoms with Gasteiger partial charge in [0.1, 0.15) is 29.0 Å². The molecule has 0 radical (unpaired) electrons. The Balaban J connectivity index is 1.21. The van der Waals surface area contributed by atoms with Crippen molar-refractivity contribution in [1.29, 1.82) is 5.26 Å². The standard InChI is InChI=1S/C29H27N11O2/c30-16-25-32-13-9-24(36-25)34-19-10-14-39(15-11-19)17-18-3-5-20(6-4-18)40-27(21-2-1-12-33-26(21)31)35-22-7-8-23(37-28(22)40)38-29(41)42/h1-9,12-13,19H,10-11,14-15,17H2,(H2,31,33)(H,37,38)(H,41,42)(H,32,34,36). The zero-order valence-electron chi connectivity index (χ0n) is 22.5. The molecule has 6 rings (SSSR count). The van der Waals surface area contributed by atoms with Crippen LogP contribution < -0.4 is 16.4 Å². The lowest BCUT2D eigenvalue weighted by Gasteiger charge is -2.32. The molecule has 5 heterocycles. The van der Waals surface area contributed by atoms with Crippen molar-refractivity contribution in [1.82, 2.24) is 34.4 Å². The van der Waals surface area contributed by atoms with Gasteiger partial charge in [-0.1, -0.05) is 12.1 Å². The van der Waals surface area contributed by atoms with Gasteiger partial charge in [-0.15, -0.1) is 0 Å².